The highest BCUT2D eigenvalue weighted by molar-refractivity contribution is 7.89. The van der Waals surface area contributed by atoms with Crippen molar-refractivity contribution in [2.45, 2.75) is 44.9 Å². The molecule has 1 atom stereocenters. The monoisotopic (exact) mass is 351 g/mol. The Morgan fingerprint density at radius 1 is 1.42 bits per heavy atom. The summed E-state index contributed by atoms with van der Waals surface area (Å²) in [6, 6.07) is 2.10. The van der Waals surface area contributed by atoms with E-state index in [4.69, 9.17) is 0 Å². The second kappa shape index (κ2) is 6.68. The fourth-order valence-electron chi connectivity index (χ4n) is 3.37. The first-order chi connectivity index (χ1) is 11.4. The first-order valence-corrected chi connectivity index (χ1v) is 9.99. The molecule has 1 N–H and O–H groups in total. The van der Waals surface area contributed by atoms with Gasteiger partial charge in [-0.05, 0) is 39.7 Å². The number of aromatic amines is 1. The summed E-state index contributed by atoms with van der Waals surface area (Å²) in [4.78, 5) is 14.0. The fourth-order valence-corrected chi connectivity index (χ4v) is 4.73. The lowest BCUT2D eigenvalue weighted by molar-refractivity contribution is 0.304. The molecule has 1 fully saturated rings. The normalized spacial score (nSPS) is 19.9. The van der Waals surface area contributed by atoms with E-state index in [0.29, 0.717) is 13.1 Å². The van der Waals surface area contributed by atoms with Crippen molar-refractivity contribution in [2.75, 3.05) is 24.5 Å². The van der Waals surface area contributed by atoms with Crippen molar-refractivity contribution in [3.63, 3.8) is 0 Å². The van der Waals surface area contributed by atoms with Gasteiger partial charge >= 0.3 is 0 Å². The van der Waals surface area contributed by atoms with Crippen LogP contribution >= 0.6 is 0 Å². The lowest BCUT2D eigenvalue weighted by Gasteiger charge is -2.39. The number of hydrogen-bond acceptors (Lipinski definition) is 5. The molecular formula is C16H25N5O2S. The highest BCUT2D eigenvalue weighted by Gasteiger charge is 2.33. The van der Waals surface area contributed by atoms with Crippen molar-refractivity contribution in [1.29, 1.82) is 0 Å². The molecule has 1 aliphatic rings. The third-order valence-corrected chi connectivity index (χ3v) is 6.94. The molecule has 2 aromatic heterocycles. The van der Waals surface area contributed by atoms with E-state index < -0.39 is 10.0 Å². The van der Waals surface area contributed by atoms with Crippen molar-refractivity contribution in [1.82, 2.24) is 19.3 Å². The Balaban J connectivity index is 1.90. The summed E-state index contributed by atoms with van der Waals surface area (Å²) in [6.07, 6.45) is 5.25. The van der Waals surface area contributed by atoms with Gasteiger partial charge in [-0.25, -0.2) is 18.4 Å². The molecule has 132 valence electrons. The second-order valence-corrected chi connectivity index (χ2v) is 8.96. The quantitative estimate of drug-likeness (QED) is 0.891. The van der Waals surface area contributed by atoms with Crippen molar-refractivity contribution in [3.05, 3.63) is 18.6 Å². The fraction of sp³-hybridized carbons (Fsp3) is 0.625. The molecular weight excluding hydrogens is 326 g/mol. The Bertz CT molecular complexity index is 802. The van der Waals surface area contributed by atoms with Crippen LogP contribution in [0.4, 0.5) is 5.82 Å². The smallest absolute Gasteiger partial charge is 0.216 e. The van der Waals surface area contributed by atoms with Crippen LogP contribution in [-0.2, 0) is 10.0 Å². The average molecular weight is 351 g/mol. The predicted molar refractivity (Wildman–Crippen MR) is 95.6 cm³/mol. The highest BCUT2D eigenvalue weighted by Crippen LogP contribution is 2.28. The molecule has 0 bridgehead atoms. The van der Waals surface area contributed by atoms with Crippen LogP contribution in [0, 0.1) is 0 Å². The standard InChI is InChI=1S/C16H25N5O2S/c1-4-21(16-14-7-8-17-15(14)18-11-19-16)13-6-5-9-20(10-13)24(22,23)12(2)3/h7-8,11-13H,4-6,9-10H2,1-3H3,(H,17,18,19). The lowest BCUT2D eigenvalue weighted by Crippen LogP contribution is -2.51. The molecule has 2 aromatic rings. The van der Waals surface area contributed by atoms with Crippen LogP contribution in [0.5, 0.6) is 0 Å². The molecule has 24 heavy (non-hydrogen) atoms. The number of H-pyrrole nitrogens is 1. The molecule has 3 heterocycles. The Labute approximate surface area is 143 Å². The van der Waals surface area contributed by atoms with Gasteiger partial charge in [0.2, 0.25) is 10.0 Å². The van der Waals surface area contributed by atoms with Crippen molar-refractivity contribution >= 4 is 26.9 Å². The number of hydrogen-bond donors (Lipinski definition) is 1. The summed E-state index contributed by atoms with van der Waals surface area (Å²) >= 11 is 0. The van der Waals surface area contributed by atoms with Crippen molar-refractivity contribution in [3.8, 4) is 0 Å². The van der Waals surface area contributed by atoms with Gasteiger partial charge in [0.25, 0.3) is 0 Å². The summed E-state index contributed by atoms with van der Waals surface area (Å²) in [5.74, 6) is 0.873. The first kappa shape index (κ1) is 17.2. The van der Waals surface area contributed by atoms with Gasteiger partial charge in [-0.2, -0.15) is 4.31 Å². The molecule has 1 aliphatic heterocycles. The number of nitrogens with zero attached hydrogens (tertiary/aromatic N) is 4. The van der Waals surface area contributed by atoms with Gasteiger partial charge in [-0.1, -0.05) is 0 Å². The molecule has 1 saturated heterocycles. The zero-order chi connectivity index (χ0) is 17.3. The number of rotatable bonds is 5. The van der Waals surface area contributed by atoms with E-state index in [1.165, 1.54) is 0 Å². The molecule has 0 saturated carbocycles. The summed E-state index contributed by atoms with van der Waals surface area (Å²) in [7, 11) is -3.22. The number of nitrogens with one attached hydrogen (secondary N) is 1. The van der Waals surface area contributed by atoms with Crippen LogP contribution in [0.3, 0.4) is 0 Å². The minimum absolute atomic E-state index is 0.130. The summed E-state index contributed by atoms with van der Waals surface area (Å²) in [5, 5.41) is 0.588. The van der Waals surface area contributed by atoms with Gasteiger partial charge in [0.1, 0.15) is 17.8 Å². The van der Waals surface area contributed by atoms with Gasteiger partial charge in [-0.15, -0.1) is 0 Å². The first-order valence-electron chi connectivity index (χ1n) is 8.48. The SMILES string of the molecule is CCN(c1ncnc2[nH]ccc12)C1CCCN(S(=O)(=O)C(C)C)C1. The number of sulfonamides is 1. The van der Waals surface area contributed by atoms with E-state index >= 15 is 0 Å². The zero-order valence-corrected chi connectivity index (χ0v) is 15.3. The average Bonchev–Trinajstić information content (AvgIpc) is 3.05. The Hall–Kier alpha value is -1.67. The van der Waals surface area contributed by atoms with Crippen LogP contribution in [0.25, 0.3) is 11.0 Å². The maximum atomic E-state index is 12.5. The van der Waals surface area contributed by atoms with E-state index in [1.807, 2.05) is 12.3 Å². The Kier molecular flexibility index (Phi) is 4.78. The molecule has 0 aromatic carbocycles. The largest absolute Gasteiger partial charge is 0.352 e. The van der Waals surface area contributed by atoms with Crippen molar-refractivity contribution in [2.24, 2.45) is 0 Å². The minimum Gasteiger partial charge on any atom is -0.352 e. The number of aromatic nitrogens is 3. The van der Waals surface area contributed by atoms with Gasteiger partial charge in [0, 0.05) is 31.9 Å². The lowest BCUT2D eigenvalue weighted by atomic mass is 10.1. The number of likely N-dealkylation sites (N-methyl/N-ethyl adjacent to an activating group) is 1. The van der Waals surface area contributed by atoms with Crippen LogP contribution in [-0.4, -0.2) is 58.6 Å². The molecule has 8 heteroatoms. The van der Waals surface area contributed by atoms with Crippen molar-refractivity contribution < 1.29 is 8.42 Å². The number of piperidine rings is 1. The number of anilines is 1. The molecule has 0 radical (unpaired) electrons. The molecule has 3 rings (SSSR count). The van der Waals surface area contributed by atoms with Gasteiger partial charge in [-0.3, -0.25) is 0 Å². The van der Waals surface area contributed by atoms with Gasteiger partial charge in [0.05, 0.1) is 10.6 Å². The van der Waals surface area contributed by atoms with Crippen LogP contribution in [0.15, 0.2) is 18.6 Å². The Morgan fingerprint density at radius 2 is 2.21 bits per heavy atom. The van der Waals surface area contributed by atoms with E-state index in [-0.39, 0.29) is 11.3 Å². The summed E-state index contributed by atoms with van der Waals surface area (Å²) in [5.41, 5.74) is 0.806. The highest BCUT2D eigenvalue weighted by atomic mass is 32.2. The van der Waals surface area contributed by atoms with Crippen LogP contribution in [0.1, 0.15) is 33.6 Å². The van der Waals surface area contributed by atoms with Crippen LogP contribution in [0.2, 0.25) is 0 Å². The maximum Gasteiger partial charge on any atom is 0.216 e. The van der Waals surface area contributed by atoms with E-state index in [2.05, 4.69) is 26.8 Å². The maximum absolute atomic E-state index is 12.5. The van der Waals surface area contributed by atoms with E-state index in [1.54, 1.807) is 24.5 Å². The predicted octanol–water partition coefficient (Wildman–Crippen LogP) is 1.99. The Morgan fingerprint density at radius 3 is 2.92 bits per heavy atom. The third kappa shape index (κ3) is 3.00. The topological polar surface area (TPSA) is 82.2 Å². The third-order valence-electron chi connectivity index (χ3n) is 4.70. The molecule has 1 unspecified atom stereocenters. The van der Waals surface area contributed by atoms with Gasteiger partial charge < -0.3 is 9.88 Å². The summed E-state index contributed by atoms with van der Waals surface area (Å²) in [6.45, 7) is 7.46. The van der Waals surface area contributed by atoms with Crippen LogP contribution < -0.4 is 4.90 Å². The molecule has 0 amide bonds. The zero-order valence-electron chi connectivity index (χ0n) is 14.4. The second-order valence-electron chi connectivity index (χ2n) is 6.47. The minimum atomic E-state index is -3.22. The molecule has 0 aliphatic carbocycles. The molecule has 7 nitrogen and oxygen atoms in total. The molecule has 0 spiro atoms. The summed E-state index contributed by atoms with van der Waals surface area (Å²) < 4.78 is 26.7. The number of fused-ring (bicyclic) bond motifs is 1. The van der Waals surface area contributed by atoms with E-state index in [0.717, 1.165) is 36.2 Å². The van der Waals surface area contributed by atoms with Gasteiger partial charge in [0.15, 0.2) is 0 Å². The van der Waals surface area contributed by atoms with E-state index in [9.17, 15) is 8.42 Å².